The summed E-state index contributed by atoms with van der Waals surface area (Å²) in [5, 5.41) is 3.29. The lowest BCUT2D eigenvalue weighted by Crippen LogP contribution is -2.44. The Balaban J connectivity index is 1.76. The van der Waals surface area contributed by atoms with E-state index >= 15 is 0 Å². The van der Waals surface area contributed by atoms with Crippen molar-refractivity contribution in [3.63, 3.8) is 0 Å². The van der Waals surface area contributed by atoms with Crippen LogP contribution in [0.2, 0.25) is 5.02 Å². The molecule has 1 aromatic rings. The van der Waals surface area contributed by atoms with Crippen LogP contribution in [0.5, 0.6) is 0 Å². The van der Waals surface area contributed by atoms with Gasteiger partial charge in [-0.1, -0.05) is 29.8 Å². The Kier molecular flexibility index (Phi) is 7.90. The predicted molar refractivity (Wildman–Crippen MR) is 109 cm³/mol. The smallest absolute Gasteiger partial charge is 0.410 e. The molecule has 1 fully saturated rings. The highest BCUT2D eigenvalue weighted by Crippen LogP contribution is 2.21. The molecule has 1 N–H and O–H groups in total. The monoisotopic (exact) mass is 424 g/mol. The average molecular weight is 425 g/mol. The fourth-order valence-electron chi connectivity index (χ4n) is 2.92. The number of halogens is 1. The molecular formula is C21H29ClN2O5. The maximum absolute atomic E-state index is 12.4. The molecule has 1 atom stereocenters. The zero-order valence-corrected chi connectivity index (χ0v) is 18.1. The van der Waals surface area contributed by atoms with Gasteiger partial charge in [-0.05, 0) is 52.2 Å². The number of nitrogens with zero attached hydrogens (tertiary/aromatic N) is 1. The Labute approximate surface area is 176 Å². The highest BCUT2D eigenvalue weighted by molar-refractivity contribution is 6.31. The summed E-state index contributed by atoms with van der Waals surface area (Å²) in [6.07, 6.45) is -0.330. The number of esters is 1. The lowest BCUT2D eigenvalue weighted by molar-refractivity contribution is -0.160. The number of piperidine rings is 1. The summed E-state index contributed by atoms with van der Waals surface area (Å²) in [4.78, 5) is 38.3. The Morgan fingerprint density at radius 2 is 1.83 bits per heavy atom. The third-order valence-corrected chi connectivity index (χ3v) is 4.92. The zero-order valence-electron chi connectivity index (χ0n) is 17.4. The molecule has 0 spiro atoms. The Hall–Kier alpha value is -2.28. The molecule has 2 amide bonds. The van der Waals surface area contributed by atoms with Crippen LogP contribution in [0.3, 0.4) is 0 Å². The molecule has 7 nitrogen and oxygen atoms in total. The van der Waals surface area contributed by atoms with Crippen LogP contribution in [-0.4, -0.2) is 47.7 Å². The molecule has 0 aliphatic carbocycles. The summed E-state index contributed by atoms with van der Waals surface area (Å²) in [5.41, 5.74) is 0.232. The van der Waals surface area contributed by atoms with Gasteiger partial charge < -0.3 is 19.7 Å². The summed E-state index contributed by atoms with van der Waals surface area (Å²) < 4.78 is 10.7. The van der Waals surface area contributed by atoms with Crippen molar-refractivity contribution in [2.45, 2.75) is 58.8 Å². The van der Waals surface area contributed by atoms with Crippen LogP contribution in [0.1, 0.15) is 46.1 Å². The van der Waals surface area contributed by atoms with Gasteiger partial charge in [0.25, 0.3) is 5.91 Å². The Bertz CT molecular complexity index is 739. The topological polar surface area (TPSA) is 84.9 Å². The first-order valence-electron chi connectivity index (χ1n) is 9.76. The van der Waals surface area contributed by atoms with Crippen molar-refractivity contribution < 1.29 is 23.9 Å². The van der Waals surface area contributed by atoms with E-state index in [1.165, 1.54) is 6.92 Å². The van der Waals surface area contributed by atoms with E-state index in [9.17, 15) is 14.4 Å². The average Bonchev–Trinajstić information content (AvgIpc) is 2.65. The van der Waals surface area contributed by atoms with Crippen LogP contribution in [0.15, 0.2) is 24.3 Å². The first-order valence-corrected chi connectivity index (χ1v) is 10.1. The third-order valence-electron chi connectivity index (χ3n) is 4.55. The van der Waals surface area contributed by atoms with Crippen LogP contribution in [0.4, 0.5) is 4.79 Å². The van der Waals surface area contributed by atoms with E-state index in [0.29, 0.717) is 31.0 Å². The maximum Gasteiger partial charge on any atom is 0.410 e. The number of carbonyl (C=O) groups is 3. The summed E-state index contributed by atoms with van der Waals surface area (Å²) in [7, 11) is 0. The molecule has 0 radical (unpaired) electrons. The second kappa shape index (κ2) is 9.96. The molecular weight excluding hydrogens is 396 g/mol. The lowest BCUT2D eigenvalue weighted by atomic mass is 9.97. The third kappa shape index (κ3) is 7.24. The van der Waals surface area contributed by atoms with Gasteiger partial charge in [0.05, 0.1) is 5.92 Å². The number of ether oxygens (including phenoxy) is 2. The van der Waals surface area contributed by atoms with Crippen LogP contribution >= 0.6 is 11.6 Å². The first-order chi connectivity index (χ1) is 13.6. The van der Waals surface area contributed by atoms with Crippen molar-refractivity contribution in [1.29, 1.82) is 0 Å². The molecule has 2 rings (SSSR count). The summed E-state index contributed by atoms with van der Waals surface area (Å²) >= 11 is 6.07. The molecule has 8 heteroatoms. The van der Waals surface area contributed by atoms with Crippen LogP contribution in [0, 0.1) is 5.92 Å². The molecule has 1 aliphatic heterocycles. The van der Waals surface area contributed by atoms with Gasteiger partial charge in [0, 0.05) is 24.7 Å². The van der Waals surface area contributed by atoms with Gasteiger partial charge in [-0.15, -0.1) is 0 Å². The van der Waals surface area contributed by atoms with E-state index in [0.717, 1.165) is 5.56 Å². The zero-order chi connectivity index (χ0) is 21.6. The number of likely N-dealkylation sites (tertiary alicyclic amines) is 1. The minimum absolute atomic E-state index is 0.259. The van der Waals surface area contributed by atoms with E-state index in [-0.39, 0.29) is 24.5 Å². The van der Waals surface area contributed by atoms with Crippen molar-refractivity contribution in [2.75, 3.05) is 13.1 Å². The minimum Gasteiger partial charge on any atom is -0.452 e. The summed E-state index contributed by atoms with van der Waals surface area (Å²) in [6, 6.07) is 7.21. The van der Waals surface area contributed by atoms with E-state index in [4.69, 9.17) is 21.1 Å². The molecule has 1 aliphatic rings. The molecule has 0 aromatic heterocycles. The van der Waals surface area contributed by atoms with E-state index in [2.05, 4.69) is 5.32 Å². The van der Waals surface area contributed by atoms with E-state index in [1.807, 2.05) is 39.0 Å². The quantitative estimate of drug-likeness (QED) is 0.731. The molecule has 160 valence electrons. The van der Waals surface area contributed by atoms with Crippen LogP contribution in [0.25, 0.3) is 0 Å². The van der Waals surface area contributed by atoms with Gasteiger partial charge in [-0.3, -0.25) is 9.59 Å². The van der Waals surface area contributed by atoms with Crippen LogP contribution in [-0.2, 0) is 25.6 Å². The largest absolute Gasteiger partial charge is 0.452 e. The van der Waals surface area contributed by atoms with Crippen molar-refractivity contribution in [1.82, 2.24) is 10.2 Å². The van der Waals surface area contributed by atoms with Crippen LogP contribution < -0.4 is 5.32 Å². The second-order valence-corrected chi connectivity index (χ2v) is 8.54. The summed E-state index contributed by atoms with van der Waals surface area (Å²) in [6.45, 7) is 8.07. The molecule has 1 saturated heterocycles. The fraction of sp³-hybridized carbons (Fsp3) is 0.571. The van der Waals surface area contributed by atoms with Gasteiger partial charge in [0.2, 0.25) is 0 Å². The lowest BCUT2D eigenvalue weighted by Gasteiger charge is -2.32. The highest BCUT2D eigenvalue weighted by Gasteiger charge is 2.32. The van der Waals surface area contributed by atoms with Gasteiger partial charge in [-0.25, -0.2) is 4.79 Å². The van der Waals surface area contributed by atoms with Crippen molar-refractivity contribution in [2.24, 2.45) is 5.92 Å². The van der Waals surface area contributed by atoms with Crippen molar-refractivity contribution in [3.05, 3.63) is 34.9 Å². The number of hydrogen-bond acceptors (Lipinski definition) is 5. The number of carbonyl (C=O) groups excluding carboxylic acids is 3. The molecule has 1 aromatic carbocycles. The molecule has 0 saturated carbocycles. The van der Waals surface area contributed by atoms with Crippen molar-refractivity contribution in [3.8, 4) is 0 Å². The van der Waals surface area contributed by atoms with Gasteiger partial charge in [-0.2, -0.15) is 0 Å². The molecule has 0 bridgehead atoms. The van der Waals surface area contributed by atoms with Gasteiger partial charge >= 0.3 is 12.1 Å². The van der Waals surface area contributed by atoms with Crippen molar-refractivity contribution >= 4 is 29.6 Å². The molecule has 0 unspecified atom stereocenters. The number of rotatable bonds is 5. The Morgan fingerprint density at radius 3 is 2.41 bits per heavy atom. The standard InChI is InChI=1S/C21H29ClN2O5/c1-14(18(25)23-13-16-7-5-6-8-17(16)22)28-19(26)15-9-11-24(12-10-15)20(27)29-21(2,3)4/h5-8,14-15H,9-13H2,1-4H3,(H,23,25)/t14-/m1/s1. The van der Waals surface area contributed by atoms with E-state index in [1.54, 1.807) is 11.0 Å². The molecule has 1 heterocycles. The highest BCUT2D eigenvalue weighted by atomic mass is 35.5. The first kappa shape index (κ1) is 23.0. The van der Waals surface area contributed by atoms with Gasteiger partial charge in [0.15, 0.2) is 6.10 Å². The Morgan fingerprint density at radius 1 is 1.21 bits per heavy atom. The van der Waals surface area contributed by atoms with E-state index < -0.39 is 17.7 Å². The predicted octanol–water partition coefficient (Wildman–Crippen LogP) is 3.54. The molecule has 29 heavy (non-hydrogen) atoms. The number of nitrogens with one attached hydrogen (secondary N) is 1. The van der Waals surface area contributed by atoms with Gasteiger partial charge in [0.1, 0.15) is 5.60 Å². The number of hydrogen-bond donors (Lipinski definition) is 1. The second-order valence-electron chi connectivity index (χ2n) is 8.13. The fourth-order valence-corrected chi connectivity index (χ4v) is 3.12. The summed E-state index contributed by atoms with van der Waals surface area (Å²) in [5.74, 6) is -1.15. The minimum atomic E-state index is -0.908. The number of amides is 2. The normalized spacial score (nSPS) is 16.1. The maximum atomic E-state index is 12.4. The SMILES string of the molecule is C[C@@H](OC(=O)C1CCN(C(=O)OC(C)(C)C)CC1)C(=O)NCc1ccccc1Cl. The number of benzene rings is 1.